The maximum absolute atomic E-state index is 13.3. The molecule has 1 atom stereocenters. The van der Waals surface area contributed by atoms with Crippen LogP contribution in [0.4, 0.5) is 5.69 Å². The molecule has 5 heteroatoms. The van der Waals surface area contributed by atoms with Gasteiger partial charge in [0.15, 0.2) is 5.60 Å². The van der Waals surface area contributed by atoms with Crippen molar-refractivity contribution in [3.8, 4) is 0 Å². The first-order valence-electron chi connectivity index (χ1n) is 12.7. The second kappa shape index (κ2) is 9.90. The molecule has 1 aliphatic rings. The van der Waals surface area contributed by atoms with Crippen LogP contribution < -0.4 is 10.3 Å². The van der Waals surface area contributed by atoms with E-state index < -0.39 is 11.5 Å². The number of hydrogen-bond acceptors (Lipinski definition) is 4. The Kier molecular flexibility index (Phi) is 7.05. The quantitative estimate of drug-likeness (QED) is 0.340. The van der Waals surface area contributed by atoms with Crippen LogP contribution in [0.1, 0.15) is 74.8 Å². The minimum Gasteiger partial charge on any atom is -0.372 e. The van der Waals surface area contributed by atoms with Gasteiger partial charge in [-0.05, 0) is 86.9 Å². The molecule has 1 amide bonds. The zero-order valence-electron chi connectivity index (χ0n) is 22.1. The summed E-state index contributed by atoms with van der Waals surface area (Å²) in [5.41, 5.74) is 6.40. The number of carbonyl (C=O) groups is 1. The van der Waals surface area contributed by atoms with Crippen LogP contribution in [0.3, 0.4) is 0 Å². The molecule has 188 valence electrons. The van der Waals surface area contributed by atoms with Crippen LogP contribution >= 0.6 is 0 Å². The summed E-state index contributed by atoms with van der Waals surface area (Å²) in [5, 5.41) is 15.9. The lowest BCUT2D eigenvalue weighted by molar-refractivity contribution is -0.136. The molecular weight excluding hydrogens is 446 g/mol. The van der Waals surface area contributed by atoms with E-state index in [0.29, 0.717) is 23.1 Å². The van der Waals surface area contributed by atoms with Crippen LogP contribution in [0, 0.1) is 6.92 Å². The molecule has 36 heavy (non-hydrogen) atoms. The molecule has 0 fully saturated rings. The molecule has 0 radical (unpaired) electrons. The van der Waals surface area contributed by atoms with E-state index in [4.69, 9.17) is 0 Å². The van der Waals surface area contributed by atoms with Crippen molar-refractivity contribution in [2.45, 2.75) is 71.1 Å². The molecule has 3 aromatic carbocycles. The fraction of sp³-hybridized carbons (Fsp3) is 0.355. The van der Waals surface area contributed by atoms with Crippen molar-refractivity contribution in [1.82, 2.24) is 5.43 Å². The topological polar surface area (TPSA) is 64.9 Å². The minimum atomic E-state index is -1.86. The summed E-state index contributed by atoms with van der Waals surface area (Å²) in [6.45, 7) is 13.4. The SMILES string of the molecule is Cc1cc2c(cc1/C=N/NC(=O)C(O)(c1ccccc1)c1ccccc1)C(C)CC(C)(C)N2C(C)C. The number of anilines is 1. The smallest absolute Gasteiger partial charge is 0.281 e. The lowest BCUT2D eigenvalue weighted by Crippen LogP contribution is -2.51. The van der Waals surface area contributed by atoms with Gasteiger partial charge in [0.25, 0.3) is 5.91 Å². The van der Waals surface area contributed by atoms with Gasteiger partial charge >= 0.3 is 0 Å². The third-order valence-electron chi connectivity index (χ3n) is 7.26. The highest BCUT2D eigenvalue weighted by Crippen LogP contribution is 2.45. The van der Waals surface area contributed by atoms with Gasteiger partial charge in [0, 0.05) is 17.3 Å². The first-order chi connectivity index (χ1) is 17.1. The zero-order valence-corrected chi connectivity index (χ0v) is 22.1. The molecule has 0 aliphatic carbocycles. The molecular formula is C31H37N3O2. The molecule has 2 N–H and O–H groups in total. The van der Waals surface area contributed by atoms with E-state index in [2.05, 4.69) is 69.1 Å². The Morgan fingerprint density at radius 1 is 1.08 bits per heavy atom. The monoisotopic (exact) mass is 483 g/mol. The molecule has 0 saturated carbocycles. The lowest BCUT2D eigenvalue weighted by Gasteiger charge is -2.50. The van der Waals surface area contributed by atoms with Gasteiger partial charge in [-0.2, -0.15) is 5.10 Å². The number of nitrogens with zero attached hydrogens (tertiary/aromatic N) is 2. The number of rotatable bonds is 6. The maximum Gasteiger partial charge on any atom is 0.281 e. The van der Waals surface area contributed by atoms with Crippen LogP contribution in [0.25, 0.3) is 0 Å². The van der Waals surface area contributed by atoms with E-state index in [-0.39, 0.29) is 5.54 Å². The van der Waals surface area contributed by atoms with Gasteiger partial charge in [0.2, 0.25) is 0 Å². The number of aryl methyl sites for hydroxylation is 1. The van der Waals surface area contributed by atoms with Crippen molar-refractivity contribution in [2.75, 3.05) is 4.90 Å². The fourth-order valence-corrected chi connectivity index (χ4v) is 5.76. The number of aliphatic hydroxyl groups is 1. The predicted octanol–water partition coefficient (Wildman–Crippen LogP) is 5.88. The number of hydrogen-bond donors (Lipinski definition) is 2. The van der Waals surface area contributed by atoms with Crippen LogP contribution in [-0.2, 0) is 10.4 Å². The van der Waals surface area contributed by atoms with E-state index >= 15 is 0 Å². The van der Waals surface area contributed by atoms with Gasteiger partial charge in [-0.3, -0.25) is 4.79 Å². The van der Waals surface area contributed by atoms with Crippen LogP contribution in [-0.4, -0.2) is 28.8 Å². The zero-order chi connectivity index (χ0) is 26.1. The Balaban J connectivity index is 1.64. The third-order valence-corrected chi connectivity index (χ3v) is 7.26. The second-order valence-electron chi connectivity index (χ2n) is 10.8. The molecule has 5 nitrogen and oxygen atoms in total. The molecule has 0 spiro atoms. The van der Waals surface area contributed by atoms with Gasteiger partial charge in [-0.15, -0.1) is 0 Å². The second-order valence-corrected chi connectivity index (χ2v) is 10.8. The predicted molar refractivity (Wildman–Crippen MR) is 148 cm³/mol. The lowest BCUT2D eigenvalue weighted by atomic mass is 9.78. The van der Waals surface area contributed by atoms with E-state index in [9.17, 15) is 9.90 Å². The van der Waals surface area contributed by atoms with Crippen molar-refractivity contribution < 1.29 is 9.90 Å². The number of fused-ring (bicyclic) bond motifs is 1. The maximum atomic E-state index is 13.3. The molecule has 3 aromatic rings. The van der Waals surface area contributed by atoms with Crippen molar-refractivity contribution in [1.29, 1.82) is 0 Å². The van der Waals surface area contributed by atoms with Gasteiger partial charge in [0.05, 0.1) is 6.21 Å². The number of benzene rings is 3. The van der Waals surface area contributed by atoms with Crippen molar-refractivity contribution in [3.63, 3.8) is 0 Å². The van der Waals surface area contributed by atoms with Crippen molar-refractivity contribution >= 4 is 17.8 Å². The fourth-order valence-electron chi connectivity index (χ4n) is 5.76. The van der Waals surface area contributed by atoms with Gasteiger partial charge in [0.1, 0.15) is 0 Å². The Morgan fingerprint density at radius 2 is 1.64 bits per heavy atom. The first kappa shape index (κ1) is 25.6. The highest BCUT2D eigenvalue weighted by atomic mass is 16.3. The molecule has 0 saturated heterocycles. The van der Waals surface area contributed by atoms with E-state index in [1.54, 1.807) is 54.7 Å². The number of nitrogens with one attached hydrogen (secondary N) is 1. The summed E-state index contributed by atoms with van der Waals surface area (Å²) in [7, 11) is 0. The van der Waals surface area contributed by atoms with Crippen molar-refractivity contribution in [2.24, 2.45) is 5.10 Å². The van der Waals surface area contributed by atoms with Crippen LogP contribution in [0.5, 0.6) is 0 Å². The van der Waals surface area contributed by atoms with Crippen LogP contribution in [0.2, 0.25) is 0 Å². The minimum absolute atomic E-state index is 0.0793. The Bertz CT molecular complexity index is 1210. The summed E-state index contributed by atoms with van der Waals surface area (Å²) in [5.74, 6) is -0.193. The van der Waals surface area contributed by atoms with Gasteiger partial charge in [-0.1, -0.05) is 67.6 Å². The van der Waals surface area contributed by atoms with Crippen molar-refractivity contribution in [3.05, 3.63) is 101 Å². The summed E-state index contributed by atoms with van der Waals surface area (Å²) in [4.78, 5) is 15.8. The van der Waals surface area contributed by atoms with Gasteiger partial charge < -0.3 is 10.0 Å². The Labute approximate surface area is 214 Å². The normalized spacial score (nSPS) is 17.3. The number of carbonyl (C=O) groups excluding carboxylic acids is 1. The number of amides is 1. The number of hydrazone groups is 1. The molecule has 1 aliphatic heterocycles. The van der Waals surface area contributed by atoms with E-state index in [1.165, 1.54) is 11.3 Å². The largest absolute Gasteiger partial charge is 0.372 e. The summed E-state index contributed by atoms with van der Waals surface area (Å²) < 4.78 is 0. The summed E-state index contributed by atoms with van der Waals surface area (Å²) in [6.07, 6.45) is 2.74. The molecule has 0 aromatic heterocycles. The Hall–Kier alpha value is -3.44. The summed E-state index contributed by atoms with van der Waals surface area (Å²) in [6, 6.07) is 22.7. The highest BCUT2D eigenvalue weighted by Gasteiger charge is 2.40. The average molecular weight is 484 g/mol. The standard InChI is InChI=1S/C31H37N3O2/c1-21(2)34-28-17-22(3)24(18-27(28)23(4)19-30(34,5)6)20-32-33-29(35)31(36,25-13-9-7-10-14-25)26-15-11-8-12-16-26/h7-18,20-21,23,36H,19H2,1-6H3,(H,33,35)/b32-20+. The third kappa shape index (κ3) is 4.68. The average Bonchev–Trinajstić information content (AvgIpc) is 2.84. The molecule has 4 rings (SSSR count). The van der Waals surface area contributed by atoms with E-state index in [1.807, 2.05) is 12.1 Å². The highest BCUT2D eigenvalue weighted by molar-refractivity contribution is 5.91. The first-order valence-corrected chi connectivity index (χ1v) is 12.7. The molecule has 1 heterocycles. The van der Waals surface area contributed by atoms with E-state index in [0.717, 1.165) is 17.5 Å². The van der Waals surface area contributed by atoms with Crippen LogP contribution in [0.15, 0.2) is 77.9 Å². The summed E-state index contributed by atoms with van der Waals surface area (Å²) >= 11 is 0. The molecule has 0 bridgehead atoms. The van der Waals surface area contributed by atoms with Gasteiger partial charge in [-0.25, -0.2) is 5.43 Å². The molecule has 1 unspecified atom stereocenters. The Morgan fingerprint density at radius 3 is 2.17 bits per heavy atom.